The van der Waals surface area contributed by atoms with Crippen LogP contribution in [0.25, 0.3) is 16.9 Å². The molecule has 3 aromatic rings. The molecule has 0 aromatic carbocycles. The highest BCUT2D eigenvalue weighted by Crippen LogP contribution is 2.21. The molecule has 3 rings (SSSR count). The van der Waals surface area contributed by atoms with Crippen LogP contribution in [0.2, 0.25) is 0 Å². The van der Waals surface area contributed by atoms with Gasteiger partial charge in [0, 0.05) is 6.26 Å². The third-order valence-corrected chi connectivity index (χ3v) is 2.37. The molecule has 0 saturated carbocycles. The molecule has 0 unspecified atom stereocenters. The van der Waals surface area contributed by atoms with Crippen molar-refractivity contribution < 1.29 is 0 Å². The molecule has 3 heterocycles. The van der Waals surface area contributed by atoms with Gasteiger partial charge in [0.25, 0.3) is 5.78 Å². The Hall–Kier alpha value is -1.70. The monoisotopic (exact) mass is 206 g/mol. The van der Waals surface area contributed by atoms with Crippen molar-refractivity contribution in [3.8, 4) is 0 Å². The zero-order valence-corrected chi connectivity index (χ0v) is 7.69. The number of thioether (sulfide) groups is 1. The first-order valence-corrected chi connectivity index (χ1v) is 4.71. The minimum atomic E-state index is 0.509. The summed E-state index contributed by atoms with van der Waals surface area (Å²) in [5.74, 6) is 0.509. The second kappa shape index (κ2) is 2.64. The van der Waals surface area contributed by atoms with Crippen LogP contribution in [-0.2, 0) is 0 Å². The largest absolute Gasteiger partial charge is 0.255 e. The Morgan fingerprint density at radius 3 is 3.29 bits per heavy atom. The Kier molecular flexibility index (Phi) is 1.45. The van der Waals surface area contributed by atoms with Crippen LogP contribution >= 0.6 is 11.8 Å². The molecule has 0 bridgehead atoms. The van der Waals surface area contributed by atoms with Crippen LogP contribution in [0, 0.1) is 6.26 Å². The summed E-state index contributed by atoms with van der Waals surface area (Å²) < 4.78 is 1.55. The minimum Gasteiger partial charge on any atom is -0.240 e. The van der Waals surface area contributed by atoms with Gasteiger partial charge < -0.3 is 0 Å². The SMILES string of the molecule is [CH2]Sc1nc2ncnn2c2[nH]nnc12. The van der Waals surface area contributed by atoms with E-state index in [-0.39, 0.29) is 0 Å². The molecule has 14 heavy (non-hydrogen) atoms. The zero-order chi connectivity index (χ0) is 9.54. The maximum absolute atomic E-state index is 4.22. The van der Waals surface area contributed by atoms with Gasteiger partial charge >= 0.3 is 0 Å². The van der Waals surface area contributed by atoms with E-state index in [1.54, 1.807) is 4.52 Å². The molecular formula is C6H4N7S. The third-order valence-electron chi connectivity index (χ3n) is 1.81. The number of aromatic amines is 1. The fourth-order valence-electron chi connectivity index (χ4n) is 1.23. The van der Waals surface area contributed by atoms with E-state index in [1.165, 1.54) is 18.1 Å². The van der Waals surface area contributed by atoms with Crippen LogP contribution in [0.15, 0.2) is 11.4 Å². The predicted octanol–water partition coefficient (Wildman–Crippen LogP) is 0.279. The molecule has 1 radical (unpaired) electrons. The van der Waals surface area contributed by atoms with Crippen molar-refractivity contribution >= 4 is 28.7 Å². The summed E-state index contributed by atoms with van der Waals surface area (Å²) in [6.07, 6.45) is 5.12. The summed E-state index contributed by atoms with van der Waals surface area (Å²) in [5.41, 5.74) is 1.33. The fourth-order valence-corrected chi connectivity index (χ4v) is 1.65. The molecule has 0 spiro atoms. The molecule has 0 aliphatic carbocycles. The summed E-state index contributed by atoms with van der Waals surface area (Å²) in [5, 5.41) is 15.0. The van der Waals surface area contributed by atoms with Crippen molar-refractivity contribution in [2.24, 2.45) is 0 Å². The van der Waals surface area contributed by atoms with Crippen LogP contribution in [0.1, 0.15) is 0 Å². The van der Waals surface area contributed by atoms with Crippen molar-refractivity contribution in [1.29, 1.82) is 0 Å². The van der Waals surface area contributed by atoms with Crippen molar-refractivity contribution in [1.82, 2.24) is 35.0 Å². The van der Waals surface area contributed by atoms with E-state index in [0.717, 1.165) is 0 Å². The van der Waals surface area contributed by atoms with E-state index >= 15 is 0 Å². The van der Waals surface area contributed by atoms with E-state index in [9.17, 15) is 0 Å². The lowest BCUT2D eigenvalue weighted by Gasteiger charge is -1.96. The number of hydrogen-bond acceptors (Lipinski definition) is 6. The van der Waals surface area contributed by atoms with Crippen molar-refractivity contribution in [3.05, 3.63) is 12.6 Å². The lowest BCUT2D eigenvalue weighted by molar-refractivity contribution is 0.920. The molecule has 0 fully saturated rings. The second-order valence-electron chi connectivity index (χ2n) is 2.54. The average molecular weight is 206 g/mol. The molecule has 3 aromatic heterocycles. The molecular weight excluding hydrogens is 202 g/mol. The fraction of sp³-hybridized carbons (Fsp3) is 0. The van der Waals surface area contributed by atoms with Crippen LogP contribution in [0.5, 0.6) is 0 Å². The first-order chi connectivity index (χ1) is 6.90. The summed E-state index contributed by atoms with van der Waals surface area (Å²) in [4.78, 5) is 8.20. The first-order valence-electron chi connectivity index (χ1n) is 3.72. The Labute approximate surface area is 81.9 Å². The number of aromatic nitrogens is 7. The van der Waals surface area contributed by atoms with Crippen LogP contribution in [0.4, 0.5) is 0 Å². The smallest absolute Gasteiger partial charge is 0.240 e. The van der Waals surface area contributed by atoms with Crippen LogP contribution in [0.3, 0.4) is 0 Å². The van der Waals surface area contributed by atoms with Crippen LogP contribution < -0.4 is 0 Å². The van der Waals surface area contributed by atoms with Gasteiger partial charge in [0.2, 0.25) is 0 Å². The summed E-state index contributed by atoms with van der Waals surface area (Å²) in [6.45, 7) is 0. The highest BCUT2D eigenvalue weighted by molar-refractivity contribution is 8.00. The molecule has 0 aliphatic heterocycles. The molecule has 0 atom stereocenters. The van der Waals surface area contributed by atoms with Gasteiger partial charge in [0.05, 0.1) is 0 Å². The predicted molar refractivity (Wildman–Crippen MR) is 49.4 cm³/mol. The van der Waals surface area contributed by atoms with Crippen molar-refractivity contribution in [2.45, 2.75) is 5.03 Å². The lowest BCUT2D eigenvalue weighted by atomic mass is 10.5. The van der Waals surface area contributed by atoms with Gasteiger partial charge in [0.15, 0.2) is 11.2 Å². The van der Waals surface area contributed by atoms with Crippen molar-refractivity contribution in [3.63, 3.8) is 0 Å². The normalized spacial score (nSPS) is 11.5. The van der Waals surface area contributed by atoms with Gasteiger partial charge in [-0.2, -0.15) is 14.6 Å². The number of H-pyrrole nitrogens is 1. The first kappa shape index (κ1) is 7.68. The molecule has 0 saturated heterocycles. The summed E-state index contributed by atoms with van der Waals surface area (Å²) in [7, 11) is 0. The molecule has 0 amide bonds. The Bertz CT molecular complexity index is 596. The number of hydrogen-bond donors (Lipinski definition) is 1. The maximum Gasteiger partial charge on any atom is 0.255 e. The number of rotatable bonds is 1. The van der Waals surface area contributed by atoms with E-state index < -0.39 is 0 Å². The van der Waals surface area contributed by atoms with Gasteiger partial charge in [-0.05, 0) is 0 Å². The Morgan fingerprint density at radius 2 is 2.43 bits per heavy atom. The van der Waals surface area contributed by atoms with Gasteiger partial charge in [-0.25, -0.2) is 10.1 Å². The van der Waals surface area contributed by atoms with Crippen molar-refractivity contribution in [2.75, 3.05) is 0 Å². The number of nitrogens with zero attached hydrogens (tertiary/aromatic N) is 6. The highest BCUT2D eigenvalue weighted by Gasteiger charge is 2.11. The zero-order valence-electron chi connectivity index (χ0n) is 6.88. The third kappa shape index (κ3) is 0.854. The molecule has 8 heteroatoms. The quantitative estimate of drug-likeness (QED) is 0.454. The number of nitrogens with one attached hydrogen (secondary N) is 1. The van der Waals surface area contributed by atoms with Gasteiger partial charge in [-0.1, -0.05) is 5.21 Å². The maximum atomic E-state index is 4.22. The van der Waals surface area contributed by atoms with E-state index in [2.05, 4.69) is 36.7 Å². The van der Waals surface area contributed by atoms with E-state index in [0.29, 0.717) is 22.0 Å². The molecule has 1 N–H and O–H groups in total. The number of fused-ring (bicyclic) bond motifs is 3. The topological polar surface area (TPSA) is 84.6 Å². The van der Waals surface area contributed by atoms with Gasteiger partial charge in [-0.15, -0.1) is 16.9 Å². The lowest BCUT2D eigenvalue weighted by Crippen LogP contribution is -1.95. The average Bonchev–Trinajstić information content (AvgIpc) is 2.83. The van der Waals surface area contributed by atoms with Gasteiger partial charge in [-0.3, -0.25) is 0 Å². The Balaban J connectivity index is 2.59. The molecule has 0 aliphatic rings. The van der Waals surface area contributed by atoms with E-state index in [4.69, 9.17) is 0 Å². The van der Waals surface area contributed by atoms with E-state index in [1.807, 2.05) is 0 Å². The minimum absolute atomic E-state index is 0.509. The van der Waals surface area contributed by atoms with Crippen LogP contribution in [-0.4, -0.2) is 35.0 Å². The van der Waals surface area contributed by atoms with Gasteiger partial charge in [0.1, 0.15) is 11.4 Å². The summed E-state index contributed by atoms with van der Waals surface area (Å²) >= 11 is 1.26. The summed E-state index contributed by atoms with van der Waals surface area (Å²) in [6, 6.07) is 0. The standard InChI is InChI=1S/C6H4N7S/c1-14-5-3-4(11-12-10-3)13-6(9-5)7-2-8-13/h2H,1H2,(H,10,11,12). The molecule has 7 nitrogen and oxygen atoms in total. The second-order valence-corrected chi connectivity index (χ2v) is 3.22. The molecule has 69 valence electrons. The highest BCUT2D eigenvalue weighted by atomic mass is 32.2. The Morgan fingerprint density at radius 1 is 1.50 bits per heavy atom.